The molecule has 0 aliphatic carbocycles. The van der Waals surface area contributed by atoms with Crippen molar-refractivity contribution in [3.05, 3.63) is 46.5 Å². The molecule has 0 spiro atoms. The number of hydrogen-bond donors (Lipinski definition) is 3. The summed E-state index contributed by atoms with van der Waals surface area (Å²) in [6, 6.07) is 5.66. The molecule has 6 nitrogen and oxygen atoms in total. The number of hydrogen-bond acceptors (Lipinski definition) is 5. The minimum Gasteiger partial charge on any atom is -0.395 e. The molecule has 0 saturated heterocycles. The van der Waals surface area contributed by atoms with E-state index >= 15 is 0 Å². The first-order valence-electron chi connectivity index (χ1n) is 8.72. The van der Waals surface area contributed by atoms with E-state index in [1.54, 1.807) is 6.07 Å². The zero-order valence-electron chi connectivity index (χ0n) is 15.2. The van der Waals surface area contributed by atoms with Crippen LogP contribution in [0.3, 0.4) is 0 Å². The molecule has 27 heavy (non-hydrogen) atoms. The van der Waals surface area contributed by atoms with Crippen LogP contribution in [0.2, 0.25) is 0 Å². The second kappa shape index (κ2) is 8.13. The Kier molecular flexibility index (Phi) is 5.85. The van der Waals surface area contributed by atoms with Crippen LogP contribution in [0.5, 0.6) is 0 Å². The first-order valence-corrected chi connectivity index (χ1v) is 9.54. The van der Waals surface area contributed by atoms with E-state index in [1.165, 1.54) is 30.1 Å². The van der Waals surface area contributed by atoms with E-state index in [-0.39, 0.29) is 24.1 Å². The van der Waals surface area contributed by atoms with Gasteiger partial charge in [-0.3, -0.25) is 9.52 Å². The third-order valence-corrected chi connectivity index (χ3v) is 5.81. The summed E-state index contributed by atoms with van der Waals surface area (Å²) in [6.07, 6.45) is 1.86. The highest BCUT2D eigenvalue weighted by Crippen LogP contribution is 2.35. The van der Waals surface area contributed by atoms with Gasteiger partial charge in [-0.1, -0.05) is 0 Å². The number of carbonyl (C=O) groups is 1. The van der Waals surface area contributed by atoms with Crippen LogP contribution in [0, 0.1) is 24.1 Å². The molecule has 3 rings (SSSR count). The number of rotatable bonds is 6. The lowest BCUT2D eigenvalue weighted by molar-refractivity contribution is 0.101. The van der Waals surface area contributed by atoms with Crippen molar-refractivity contribution >= 4 is 23.5 Å². The van der Waals surface area contributed by atoms with E-state index in [9.17, 15) is 14.3 Å². The average molecular weight is 388 g/mol. The number of benzene rings is 1. The zero-order chi connectivity index (χ0) is 19.6. The van der Waals surface area contributed by atoms with Crippen molar-refractivity contribution in [3.63, 3.8) is 0 Å². The number of aliphatic hydroxyl groups is 1. The van der Waals surface area contributed by atoms with Crippen LogP contribution in [0.1, 0.15) is 40.7 Å². The van der Waals surface area contributed by atoms with Crippen molar-refractivity contribution in [1.82, 2.24) is 9.29 Å². The molecule has 1 aliphatic rings. The number of anilines is 1. The monoisotopic (exact) mass is 388 g/mol. The van der Waals surface area contributed by atoms with Crippen molar-refractivity contribution in [2.75, 3.05) is 11.9 Å². The van der Waals surface area contributed by atoms with E-state index in [4.69, 9.17) is 5.26 Å². The molecule has 0 bridgehead atoms. The van der Waals surface area contributed by atoms with Gasteiger partial charge < -0.3 is 15.0 Å². The van der Waals surface area contributed by atoms with E-state index in [0.29, 0.717) is 11.4 Å². The number of halogens is 1. The molecule has 0 saturated carbocycles. The van der Waals surface area contributed by atoms with Crippen molar-refractivity contribution in [2.24, 2.45) is 0 Å². The lowest BCUT2D eigenvalue weighted by Gasteiger charge is -2.11. The van der Waals surface area contributed by atoms with Gasteiger partial charge in [0, 0.05) is 28.9 Å². The number of aliphatic hydroxyl groups excluding tert-OH is 1. The number of nitrogens with zero attached hydrogens (tertiary/aromatic N) is 2. The summed E-state index contributed by atoms with van der Waals surface area (Å²) in [5, 5.41) is 20.9. The summed E-state index contributed by atoms with van der Waals surface area (Å²) in [6.45, 7) is 4.58. The van der Waals surface area contributed by atoms with E-state index < -0.39 is 5.82 Å². The van der Waals surface area contributed by atoms with Crippen molar-refractivity contribution in [3.8, 4) is 6.07 Å². The summed E-state index contributed by atoms with van der Waals surface area (Å²) < 4.78 is 18.7. The smallest absolute Gasteiger partial charge is 0.272 e. The topological polar surface area (TPSA) is 90.1 Å². The van der Waals surface area contributed by atoms with Crippen LogP contribution >= 0.6 is 11.9 Å². The Balaban J connectivity index is 1.88. The molecule has 2 aromatic rings. The predicted molar refractivity (Wildman–Crippen MR) is 102 cm³/mol. The lowest BCUT2D eigenvalue weighted by Crippen LogP contribution is -2.23. The second-order valence-electron chi connectivity index (χ2n) is 6.57. The molecule has 1 atom stereocenters. The van der Waals surface area contributed by atoms with Crippen LogP contribution in [0.25, 0.3) is 0 Å². The first-order chi connectivity index (χ1) is 13.0. The van der Waals surface area contributed by atoms with Gasteiger partial charge in [0.2, 0.25) is 0 Å². The maximum absolute atomic E-state index is 13.5. The number of nitrogens with one attached hydrogen (secondary N) is 2. The van der Waals surface area contributed by atoms with Crippen LogP contribution in [0.15, 0.2) is 23.1 Å². The average Bonchev–Trinajstić information content (AvgIpc) is 3.21. The molecule has 0 fully saturated rings. The summed E-state index contributed by atoms with van der Waals surface area (Å²) >= 11 is 1.43. The Bertz CT molecular complexity index is 919. The normalized spacial score (nSPS) is 13.9. The van der Waals surface area contributed by atoms with Gasteiger partial charge in [-0.25, -0.2) is 4.39 Å². The van der Waals surface area contributed by atoms with Gasteiger partial charge in [-0.05, 0) is 62.4 Å². The lowest BCUT2D eigenvalue weighted by atomic mass is 10.2. The zero-order valence-corrected chi connectivity index (χ0v) is 16.0. The largest absolute Gasteiger partial charge is 0.395 e. The van der Waals surface area contributed by atoms with Crippen molar-refractivity contribution in [2.45, 2.75) is 44.2 Å². The number of aromatic nitrogens is 1. The Morgan fingerprint density at radius 3 is 3.00 bits per heavy atom. The minimum absolute atomic E-state index is 0.0290. The fourth-order valence-electron chi connectivity index (χ4n) is 3.19. The Morgan fingerprint density at radius 2 is 2.30 bits per heavy atom. The number of nitriles is 1. The summed E-state index contributed by atoms with van der Waals surface area (Å²) in [5.74, 6) is -0.897. The van der Waals surface area contributed by atoms with Gasteiger partial charge in [0.1, 0.15) is 17.6 Å². The number of carbonyl (C=O) groups excluding carboxylic acids is 1. The molecule has 1 aromatic carbocycles. The van der Waals surface area contributed by atoms with Crippen molar-refractivity contribution in [1.29, 1.82) is 5.26 Å². The third-order valence-electron chi connectivity index (χ3n) is 4.54. The van der Waals surface area contributed by atoms with E-state index in [0.717, 1.165) is 35.5 Å². The Morgan fingerprint density at radius 1 is 1.52 bits per heavy atom. The molecular formula is C19H21FN4O2S. The van der Waals surface area contributed by atoms with E-state index in [2.05, 4.69) is 10.0 Å². The summed E-state index contributed by atoms with van der Waals surface area (Å²) in [7, 11) is 0. The highest BCUT2D eigenvalue weighted by Gasteiger charge is 2.28. The molecule has 142 valence electrons. The van der Waals surface area contributed by atoms with Gasteiger partial charge in [-0.2, -0.15) is 5.26 Å². The third kappa shape index (κ3) is 3.86. The number of fused-ring (bicyclic) bond motifs is 1. The van der Waals surface area contributed by atoms with Gasteiger partial charge in [0.15, 0.2) is 0 Å². The fourth-order valence-corrected chi connectivity index (χ4v) is 4.16. The standard InChI is InChI=1S/C19H21FN4O2S/c1-11(10-25)23-27-18-12(2)17(24-7-3-4-16(18)24)19(26)22-14-5-6-15(20)13(8-14)9-21/h5-6,8,11,23,25H,3-4,7,10H2,1-2H3,(H,22,26). The fraction of sp³-hybridized carbons (Fsp3) is 0.368. The first kappa shape index (κ1) is 19.4. The molecule has 8 heteroatoms. The molecule has 1 aliphatic heterocycles. The highest BCUT2D eigenvalue weighted by atomic mass is 32.2. The van der Waals surface area contributed by atoms with Gasteiger partial charge in [0.25, 0.3) is 5.91 Å². The maximum Gasteiger partial charge on any atom is 0.272 e. The molecular weight excluding hydrogens is 367 g/mol. The molecule has 3 N–H and O–H groups in total. The van der Waals surface area contributed by atoms with Crippen LogP contribution < -0.4 is 10.0 Å². The molecule has 1 aromatic heterocycles. The van der Waals surface area contributed by atoms with Crippen molar-refractivity contribution < 1.29 is 14.3 Å². The summed E-state index contributed by atoms with van der Waals surface area (Å²) in [5.41, 5.74) is 2.83. The molecule has 1 unspecified atom stereocenters. The van der Waals surface area contributed by atoms with Gasteiger partial charge in [-0.15, -0.1) is 0 Å². The van der Waals surface area contributed by atoms with Crippen LogP contribution in [-0.4, -0.2) is 28.2 Å². The van der Waals surface area contributed by atoms with Gasteiger partial charge >= 0.3 is 0 Å². The molecule has 0 radical (unpaired) electrons. The maximum atomic E-state index is 13.5. The van der Waals surface area contributed by atoms with Crippen LogP contribution in [0.4, 0.5) is 10.1 Å². The van der Waals surface area contributed by atoms with Crippen LogP contribution in [-0.2, 0) is 13.0 Å². The molecule has 2 heterocycles. The number of amides is 1. The highest BCUT2D eigenvalue weighted by molar-refractivity contribution is 7.97. The predicted octanol–water partition coefficient (Wildman–Crippen LogP) is 2.98. The van der Waals surface area contributed by atoms with Gasteiger partial charge in [0.05, 0.1) is 12.2 Å². The second-order valence-corrected chi connectivity index (χ2v) is 7.42. The molecule has 1 amide bonds. The minimum atomic E-state index is -0.613. The quantitative estimate of drug-likeness (QED) is 0.662. The Hall–Kier alpha value is -2.34. The summed E-state index contributed by atoms with van der Waals surface area (Å²) in [4.78, 5) is 13.9. The Labute approximate surface area is 161 Å². The SMILES string of the molecule is Cc1c(SNC(C)CO)c2n(c1C(=O)Nc1ccc(F)c(C#N)c1)CCC2. The van der Waals surface area contributed by atoms with E-state index in [1.807, 2.05) is 18.4 Å².